The fourth-order valence-corrected chi connectivity index (χ4v) is 12.5. The molecule has 0 bridgehead atoms. The number of hydrogen-bond acceptors (Lipinski definition) is 15. The zero-order valence-electron chi connectivity index (χ0n) is 59.1. The third kappa shape index (κ3) is 65.1. The Morgan fingerprint density at radius 3 is 0.835 bits per heavy atom. The molecule has 0 saturated carbocycles. The molecule has 0 heterocycles. The predicted molar refractivity (Wildman–Crippen MR) is 368 cm³/mol. The number of carbonyl (C=O) groups is 4. The van der Waals surface area contributed by atoms with Crippen LogP contribution in [0.25, 0.3) is 0 Å². The number of carbonyl (C=O) groups excluding carboxylic acids is 4. The molecular weight excluding hydrogens is 1200 g/mol. The summed E-state index contributed by atoms with van der Waals surface area (Å²) in [6.45, 7) is 9.48. The van der Waals surface area contributed by atoms with Gasteiger partial charge in [0.05, 0.1) is 26.4 Å². The van der Waals surface area contributed by atoms with E-state index >= 15 is 0 Å². The highest BCUT2D eigenvalue weighted by Gasteiger charge is 2.30. The van der Waals surface area contributed by atoms with Gasteiger partial charge in [0.1, 0.15) is 19.3 Å². The van der Waals surface area contributed by atoms with Gasteiger partial charge in [-0.05, 0) is 37.5 Å². The summed E-state index contributed by atoms with van der Waals surface area (Å²) in [5.74, 6) is -0.588. The van der Waals surface area contributed by atoms with Gasteiger partial charge in [-0.1, -0.05) is 318 Å². The number of rotatable bonds is 71. The number of unbranched alkanes of at least 4 members (excludes halogenated alkanes) is 40. The van der Waals surface area contributed by atoms with Gasteiger partial charge in [-0.15, -0.1) is 0 Å². The molecule has 0 aromatic carbocycles. The zero-order valence-corrected chi connectivity index (χ0v) is 60.9. The van der Waals surface area contributed by atoms with Gasteiger partial charge in [0.2, 0.25) is 0 Å². The third-order valence-corrected chi connectivity index (χ3v) is 19.0. The van der Waals surface area contributed by atoms with Crippen molar-refractivity contribution in [2.24, 2.45) is 11.8 Å². The monoisotopic (exact) mass is 1340 g/mol. The summed E-state index contributed by atoms with van der Waals surface area (Å²) in [7, 11) is -9.89. The van der Waals surface area contributed by atoms with Crippen molar-refractivity contribution in [3.05, 3.63) is 0 Å². The molecule has 19 heteroatoms. The Balaban J connectivity index is 5.14. The van der Waals surface area contributed by atoms with Crippen molar-refractivity contribution < 1.29 is 80.2 Å². The van der Waals surface area contributed by atoms with E-state index in [0.717, 1.165) is 108 Å². The van der Waals surface area contributed by atoms with E-state index < -0.39 is 97.5 Å². The van der Waals surface area contributed by atoms with Gasteiger partial charge in [-0.3, -0.25) is 37.3 Å². The quantitative estimate of drug-likeness (QED) is 0.0222. The second-order valence-corrected chi connectivity index (χ2v) is 29.6. The summed E-state index contributed by atoms with van der Waals surface area (Å²) >= 11 is 0. The summed E-state index contributed by atoms with van der Waals surface area (Å²) < 4.78 is 68.1. The average molecular weight is 1340 g/mol. The predicted octanol–water partition coefficient (Wildman–Crippen LogP) is 20.8. The summed E-state index contributed by atoms with van der Waals surface area (Å²) in [6.07, 6.45) is 50.4. The highest BCUT2D eigenvalue weighted by molar-refractivity contribution is 7.47. The van der Waals surface area contributed by atoms with Crippen LogP contribution in [0, 0.1) is 11.8 Å². The maximum absolute atomic E-state index is 13.0. The fraction of sp³-hybridized carbons (Fsp3) is 0.944. The van der Waals surface area contributed by atoms with Crippen molar-refractivity contribution in [1.29, 1.82) is 0 Å². The highest BCUT2D eigenvalue weighted by atomic mass is 31.2. The van der Waals surface area contributed by atoms with E-state index in [2.05, 4.69) is 41.5 Å². The molecule has 0 radical (unpaired) electrons. The Labute approximate surface area is 556 Å². The van der Waals surface area contributed by atoms with Gasteiger partial charge >= 0.3 is 39.5 Å². The summed E-state index contributed by atoms with van der Waals surface area (Å²) in [4.78, 5) is 72.3. The van der Waals surface area contributed by atoms with Crippen LogP contribution in [0.4, 0.5) is 0 Å². The van der Waals surface area contributed by atoms with Gasteiger partial charge < -0.3 is 33.8 Å². The lowest BCUT2D eigenvalue weighted by atomic mass is 9.99. The van der Waals surface area contributed by atoms with Crippen LogP contribution in [0.2, 0.25) is 0 Å². The number of esters is 4. The van der Waals surface area contributed by atoms with Crippen molar-refractivity contribution in [1.82, 2.24) is 0 Å². The molecule has 3 N–H and O–H groups in total. The molecule has 0 aromatic rings. The van der Waals surface area contributed by atoms with Gasteiger partial charge in [0.25, 0.3) is 0 Å². The van der Waals surface area contributed by atoms with E-state index in [0.29, 0.717) is 25.7 Å². The number of aliphatic hydroxyl groups excluding tert-OH is 1. The molecular formula is C72H140O17P2. The van der Waals surface area contributed by atoms with Crippen LogP contribution < -0.4 is 0 Å². The van der Waals surface area contributed by atoms with Crippen LogP contribution in [0.1, 0.15) is 369 Å². The standard InChI is InChI=1S/C72H140O17P2/c1-7-10-12-14-15-16-17-18-19-20-21-22-23-24-25-26-33-38-44-50-56-71(76)89-68(61-83-70(75)55-49-43-37-32-28-27-31-36-42-47-53-65(6)9-3)63-87-91(80,81)85-59-66(73)58-84-90(78,79)86-62-67(60-82-69(74)54-48-40-13-11-8-2)88-72(77)57-51-45-39-34-29-30-35-41-46-52-64(4)5/h64-68,73H,7-63H2,1-6H3,(H,78,79)(H,80,81)/t65?,66-,67+,68+/m0/s1. The van der Waals surface area contributed by atoms with Crippen molar-refractivity contribution in [3.63, 3.8) is 0 Å². The molecule has 0 rings (SSSR count). The molecule has 0 fully saturated rings. The van der Waals surface area contributed by atoms with Crippen LogP contribution in [-0.4, -0.2) is 96.7 Å². The van der Waals surface area contributed by atoms with Crippen molar-refractivity contribution in [2.75, 3.05) is 39.6 Å². The van der Waals surface area contributed by atoms with Crippen molar-refractivity contribution in [2.45, 2.75) is 387 Å². The number of phosphoric ester groups is 2. The second kappa shape index (κ2) is 64.1. The lowest BCUT2D eigenvalue weighted by molar-refractivity contribution is -0.161. The van der Waals surface area contributed by atoms with Gasteiger partial charge in [0.15, 0.2) is 12.2 Å². The minimum Gasteiger partial charge on any atom is -0.462 e. The molecule has 540 valence electrons. The normalized spacial score (nSPS) is 14.4. The third-order valence-electron chi connectivity index (χ3n) is 17.1. The molecule has 91 heavy (non-hydrogen) atoms. The molecule has 0 aliphatic heterocycles. The van der Waals surface area contributed by atoms with Crippen LogP contribution in [-0.2, 0) is 65.4 Å². The lowest BCUT2D eigenvalue weighted by Crippen LogP contribution is -2.30. The summed E-state index contributed by atoms with van der Waals surface area (Å²) in [5.41, 5.74) is 0. The first-order chi connectivity index (χ1) is 43.9. The number of aliphatic hydroxyl groups is 1. The Morgan fingerprint density at radius 1 is 0.319 bits per heavy atom. The van der Waals surface area contributed by atoms with E-state index in [9.17, 15) is 43.2 Å². The lowest BCUT2D eigenvalue weighted by Gasteiger charge is -2.21. The molecule has 0 saturated heterocycles. The molecule has 0 amide bonds. The zero-order chi connectivity index (χ0) is 67.2. The fourth-order valence-electron chi connectivity index (χ4n) is 10.9. The topological polar surface area (TPSA) is 237 Å². The summed E-state index contributed by atoms with van der Waals surface area (Å²) in [5, 5.41) is 10.6. The molecule has 0 aromatic heterocycles. The minimum atomic E-state index is -4.95. The van der Waals surface area contributed by atoms with E-state index in [4.69, 9.17) is 37.0 Å². The maximum Gasteiger partial charge on any atom is 0.472 e. The Bertz CT molecular complexity index is 1770. The molecule has 6 atom stereocenters. The van der Waals surface area contributed by atoms with E-state index in [1.165, 1.54) is 180 Å². The minimum absolute atomic E-state index is 0.104. The van der Waals surface area contributed by atoms with Gasteiger partial charge in [0, 0.05) is 25.7 Å². The Kier molecular flexibility index (Phi) is 62.7. The highest BCUT2D eigenvalue weighted by Crippen LogP contribution is 2.45. The van der Waals surface area contributed by atoms with Crippen LogP contribution >= 0.6 is 15.6 Å². The van der Waals surface area contributed by atoms with E-state index in [1.807, 2.05) is 0 Å². The summed E-state index contributed by atoms with van der Waals surface area (Å²) in [6, 6.07) is 0. The largest absolute Gasteiger partial charge is 0.472 e. The number of ether oxygens (including phenoxy) is 4. The van der Waals surface area contributed by atoms with Gasteiger partial charge in [-0.2, -0.15) is 0 Å². The first kappa shape index (κ1) is 89.1. The molecule has 17 nitrogen and oxygen atoms in total. The van der Waals surface area contributed by atoms with Crippen molar-refractivity contribution >= 4 is 39.5 Å². The molecule has 0 aliphatic carbocycles. The van der Waals surface area contributed by atoms with Crippen LogP contribution in [0.3, 0.4) is 0 Å². The first-order valence-corrected chi connectivity index (χ1v) is 40.5. The molecule has 3 unspecified atom stereocenters. The van der Waals surface area contributed by atoms with Crippen LogP contribution in [0.15, 0.2) is 0 Å². The maximum atomic E-state index is 13.0. The second-order valence-electron chi connectivity index (χ2n) is 26.7. The Hall–Kier alpha value is -1.94. The molecule has 0 aliphatic rings. The van der Waals surface area contributed by atoms with Gasteiger partial charge in [-0.25, -0.2) is 9.13 Å². The number of hydrogen-bond donors (Lipinski definition) is 3. The number of phosphoric acid groups is 2. The molecule has 0 spiro atoms. The average Bonchev–Trinajstić information content (AvgIpc) is 3.73. The van der Waals surface area contributed by atoms with Crippen LogP contribution in [0.5, 0.6) is 0 Å². The smallest absolute Gasteiger partial charge is 0.462 e. The SMILES string of the molecule is CCCCCCCCCCCCCCCCCCCCCCC(=O)O[C@H](COC(=O)CCCCCCCCCCCCC(C)CC)COP(=O)(O)OC[C@@H](O)COP(=O)(O)OC[C@@H](COC(=O)CCCCCCC)OC(=O)CCCCCCCCCCCC(C)C. The van der Waals surface area contributed by atoms with E-state index in [-0.39, 0.29) is 25.7 Å². The first-order valence-electron chi connectivity index (χ1n) is 37.5. The van der Waals surface area contributed by atoms with Crippen molar-refractivity contribution in [3.8, 4) is 0 Å². The Morgan fingerprint density at radius 2 is 0.560 bits per heavy atom. The van der Waals surface area contributed by atoms with E-state index in [1.54, 1.807) is 0 Å².